The van der Waals surface area contributed by atoms with Gasteiger partial charge in [0.25, 0.3) is 5.56 Å². The molecule has 180 valence electrons. The smallest absolute Gasteiger partial charge is 0.272 e. The summed E-state index contributed by atoms with van der Waals surface area (Å²) in [6.45, 7) is 4.71. The second kappa shape index (κ2) is 10.9. The highest BCUT2D eigenvalue weighted by Crippen LogP contribution is 2.32. The molecule has 0 unspecified atom stereocenters. The van der Waals surface area contributed by atoms with Gasteiger partial charge in [-0.05, 0) is 30.2 Å². The summed E-state index contributed by atoms with van der Waals surface area (Å²) in [6, 6.07) is 27.6. The monoisotopic (exact) mass is 511 g/mol. The summed E-state index contributed by atoms with van der Waals surface area (Å²) in [7, 11) is 0. The van der Waals surface area contributed by atoms with Crippen LogP contribution in [0.3, 0.4) is 0 Å². The van der Waals surface area contributed by atoms with Crippen LogP contribution in [0, 0.1) is 0 Å². The highest BCUT2D eigenvalue weighted by atomic mass is 32.2. The molecule has 1 amide bonds. The largest absolute Gasteiger partial charge is 0.308 e. The van der Waals surface area contributed by atoms with E-state index in [1.54, 1.807) is 15.5 Å². The van der Waals surface area contributed by atoms with E-state index in [0.717, 1.165) is 21.3 Å². The lowest BCUT2D eigenvalue weighted by Gasteiger charge is -2.21. The van der Waals surface area contributed by atoms with Gasteiger partial charge in [0.2, 0.25) is 5.91 Å². The van der Waals surface area contributed by atoms with Crippen LogP contribution in [0.1, 0.15) is 5.56 Å². The summed E-state index contributed by atoms with van der Waals surface area (Å²) >= 11 is 2.79. The average molecular weight is 512 g/mol. The Balaban J connectivity index is 1.50. The molecular weight excluding hydrogens is 486 g/mol. The van der Waals surface area contributed by atoms with Crippen molar-refractivity contribution in [1.82, 2.24) is 9.55 Å². The van der Waals surface area contributed by atoms with Gasteiger partial charge < -0.3 is 4.90 Å². The molecule has 0 bridgehead atoms. The Kier molecular flexibility index (Phi) is 7.30. The number of rotatable bonds is 9. The number of fused-ring (bicyclic) bond motifs is 3. The number of thioether (sulfide) groups is 1. The maximum atomic E-state index is 13.7. The molecule has 2 heterocycles. The molecule has 0 aliphatic heterocycles. The van der Waals surface area contributed by atoms with Crippen molar-refractivity contribution in [2.24, 2.45) is 0 Å². The van der Waals surface area contributed by atoms with E-state index in [0.29, 0.717) is 34.9 Å². The van der Waals surface area contributed by atoms with Gasteiger partial charge in [-0.1, -0.05) is 84.6 Å². The molecule has 2 aromatic heterocycles. The van der Waals surface area contributed by atoms with Gasteiger partial charge in [-0.25, -0.2) is 4.98 Å². The van der Waals surface area contributed by atoms with Crippen LogP contribution in [0.5, 0.6) is 0 Å². The van der Waals surface area contributed by atoms with E-state index in [1.807, 2.05) is 72.8 Å². The molecule has 5 rings (SSSR count). The first-order valence-corrected chi connectivity index (χ1v) is 13.5. The molecule has 3 aromatic carbocycles. The van der Waals surface area contributed by atoms with E-state index in [-0.39, 0.29) is 17.2 Å². The molecule has 36 heavy (non-hydrogen) atoms. The number of anilines is 1. The Bertz CT molecular complexity index is 1580. The van der Waals surface area contributed by atoms with Crippen molar-refractivity contribution in [3.63, 3.8) is 0 Å². The van der Waals surface area contributed by atoms with Gasteiger partial charge in [-0.2, -0.15) is 0 Å². The number of aromatic nitrogens is 2. The second-order valence-electron chi connectivity index (χ2n) is 8.28. The fourth-order valence-corrected chi connectivity index (χ4v) is 6.12. The van der Waals surface area contributed by atoms with Crippen LogP contribution in [-0.2, 0) is 17.8 Å². The van der Waals surface area contributed by atoms with E-state index in [1.165, 1.54) is 23.1 Å². The highest BCUT2D eigenvalue weighted by Gasteiger charge is 2.19. The lowest BCUT2D eigenvalue weighted by Crippen LogP contribution is -2.33. The van der Waals surface area contributed by atoms with Crippen LogP contribution in [0.25, 0.3) is 20.3 Å². The van der Waals surface area contributed by atoms with E-state index in [9.17, 15) is 9.59 Å². The van der Waals surface area contributed by atoms with E-state index in [4.69, 9.17) is 4.98 Å². The zero-order chi connectivity index (χ0) is 24.9. The van der Waals surface area contributed by atoms with Crippen molar-refractivity contribution in [3.8, 4) is 0 Å². The van der Waals surface area contributed by atoms with Crippen LogP contribution in [-0.4, -0.2) is 27.8 Å². The quantitative estimate of drug-likeness (QED) is 0.135. The number of aryl methyl sites for hydroxylation is 1. The molecule has 5 aromatic rings. The molecule has 0 saturated heterocycles. The highest BCUT2D eigenvalue weighted by molar-refractivity contribution is 7.99. The van der Waals surface area contributed by atoms with Gasteiger partial charge >= 0.3 is 0 Å². The Morgan fingerprint density at radius 3 is 2.44 bits per heavy atom. The zero-order valence-electron chi connectivity index (χ0n) is 19.7. The first kappa shape index (κ1) is 24.0. The molecule has 0 N–H and O–H groups in total. The number of benzene rings is 3. The summed E-state index contributed by atoms with van der Waals surface area (Å²) in [5, 5.41) is 1.53. The molecule has 0 saturated carbocycles. The first-order valence-electron chi connectivity index (χ1n) is 11.7. The summed E-state index contributed by atoms with van der Waals surface area (Å²) < 4.78 is 3.41. The summed E-state index contributed by atoms with van der Waals surface area (Å²) in [6.07, 6.45) is 2.42. The standard InChI is InChI=1S/C29H25N3O2S2/c1-2-18-31(22-13-7-4-8-14-22)25(33)20-35-29-30-26-23-15-9-10-16-24(23)36-27(26)28(34)32(29)19-17-21-11-5-3-6-12-21/h2-16H,1,17-20H2. The summed E-state index contributed by atoms with van der Waals surface area (Å²) in [5.74, 6) is 0.0962. The van der Waals surface area contributed by atoms with Gasteiger partial charge in [-0.3, -0.25) is 14.2 Å². The van der Waals surface area contributed by atoms with Gasteiger partial charge in [0.1, 0.15) is 4.70 Å². The number of para-hydroxylation sites is 1. The van der Waals surface area contributed by atoms with Gasteiger partial charge in [0.15, 0.2) is 5.16 Å². The maximum absolute atomic E-state index is 13.7. The van der Waals surface area contributed by atoms with Crippen molar-refractivity contribution in [1.29, 1.82) is 0 Å². The van der Waals surface area contributed by atoms with Crippen LogP contribution in [0.15, 0.2) is 108 Å². The number of thiophene rings is 1. The second-order valence-corrected chi connectivity index (χ2v) is 10.3. The maximum Gasteiger partial charge on any atom is 0.272 e. The topological polar surface area (TPSA) is 55.2 Å². The minimum absolute atomic E-state index is 0.0573. The third-order valence-electron chi connectivity index (χ3n) is 5.92. The lowest BCUT2D eigenvalue weighted by atomic mass is 10.1. The van der Waals surface area contributed by atoms with Crippen LogP contribution >= 0.6 is 23.1 Å². The number of amides is 1. The van der Waals surface area contributed by atoms with Crippen molar-refractivity contribution < 1.29 is 4.79 Å². The van der Waals surface area contributed by atoms with Crippen LogP contribution in [0.2, 0.25) is 0 Å². The van der Waals surface area contributed by atoms with Crippen molar-refractivity contribution in [2.75, 3.05) is 17.2 Å². The summed E-state index contributed by atoms with van der Waals surface area (Å²) in [5.41, 5.74) is 2.61. The Morgan fingerprint density at radius 1 is 1.00 bits per heavy atom. The van der Waals surface area contributed by atoms with Gasteiger partial charge in [0.05, 0.1) is 11.3 Å². The molecule has 7 heteroatoms. The molecule has 5 nitrogen and oxygen atoms in total. The van der Waals surface area contributed by atoms with Gasteiger partial charge in [0, 0.05) is 28.9 Å². The van der Waals surface area contributed by atoms with Crippen LogP contribution < -0.4 is 10.5 Å². The molecule has 0 radical (unpaired) electrons. The normalized spacial score (nSPS) is 11.1. The third-order valence-corrected chi connectivity index (χ3v) is 8.03. The SMILES string of the molecule is C=CCN(C(=O)CSc1nc2c(sc3ccccc32)c(=O)n1CCc1ccccc1)c1ccccc1. The fraction of sp³-hybridized carbons (Fsp3) is 0.138. The van der Waals surface area contributed by atoms with Crippen molar-refractivity contribution >= 4 is 55.0 Å². The van der Waals surface area contributed by atoms with E-state index < -0.39 is 0 Å². The fourth-order valence-electron chi connectivity index (χ4n) is 4.14. The van der Waals surface area contributed by atoms with Gasteiger partial charge in [-0.15, -0.1) is 17.9 Å². The lowest BCUT2D eigenvalue weighted by molar-refractivity contribution is -0.116. The first-order chi connectivity index (χ1) is 17.7. The predicted octanol–water partition coefficient (Wildman–Crippen LogP) is 6.17. The number of nitrogens with zero attached hydrogens (tertiary/aromatic N) is 3. The number of carbonyl (C=O) groups excluding carboxylic acids is 1. The predicted molar refractivity (Wildman–Crippen MR) is 151 cm³/mol. The number of carbonyl (C=O) groups is 1. The van der Waals surface area contributed by atoms with Crippen LogP contribution in [0.4, 0.5) is 5.69 Å². The molecule has 0 spiro atoms. The number of hydrogen-bond acceptors (Lipinski definition) is 5. The number of hydrogen-bond donors (Lipinski definition) is 0. The average Bonchev–Trinajstić information content (AvgIpc) is 3.30. The Morgan fingerprint density at radius 2 is 1.69 bits per heavy atom. The minimum atomic E-state index is -0.0646. The zero-order valence-corrected chi connectivity index (χ0v) is 21.3. The minimum Gasteiger partial charge on any atom is -0.308 e. The van der Waals surface area contributed by atoms with Crippen molar-refractivity contribution in [2.45, 2.75) is 18.1 Å². The van der Waals surface area contributed by atoms with E-state index in [2.05, 4.69) is 18.7 Å². The molecular formula is C29H25N3O2S2. The molecule has 0 fully saturated rings. The summed E-state index contributed by atoms with van der Waals surface area (Å²) in [4.78, 5) is 33.5. The molecule has 0 aliphatic rings. The third kappa shape index (κ3) is 4.98. The Hall–Kier alpha value is -3.68. The molecule has 0 atom stereocenters. The molecule has 0 aliphatic carbocycles. The van der Waals surface area contributed by atoms with Crippen molar-refractivity contribution in [3.05, 3.63) is 114 Å². The Labute approximate surface area is 217 Å². The van der Waals surface area contributed by atoms with E-state index >= 15 is 0 Å².